The summed E-state index contributed by atoms with van der Waals surface area (Å²) in [4.78, 5) is 31.8. The van der Waals surface area contributed by atoms with Crippen LogP contribution in [0.5, 0.6) is 5.75 Å². The SMILES string of the molecule is C.O=C(O)c1ccccc1O.O=P(O)(O)O. The monoisotopic (exact) mass is 252 g/mol. The highest BCUT2D eigenvalue weighted by molar-refractivity contribution is 7.45. The number of benzene rings is 1. The van der Waals surface area contributed by atoms with E-state index in [1.165, 1.54) is 12.1 Å². The van der Waals surface area contributed by atoms with Gasteiger partial charge < -0.3 is 24.9 Å². The number of phosphoric acid groups is 1. The first-order chi connectivity index (χ1) is 6.72. The number of carbonyl (C=O) groups is 1. The lowest BCUT2D eigenvalue weighted by Crippen LogP contribution is -1.95. The Kier molecular flexibility index (Phi) is 7.41. The van der Waals surface area contributed by atoms with E-state index in [-0.39, 0.29) is 18.7 Å². The summed E-state index contributed by atoms with van der Waals surface area (Å²) in [5.74, 6) is -1.31. The molecule has 0 radical (unpaired) electrons. The van der Waals surface area contributed by atoms with Crippen LogP contribution in [0.1, 0.15) is 17.8 Å². The predicted octanol–water partition coefficient (Wildman–Crippen LogP) is 0.798. The molecule has 0 saturated carbocycles. The Morgan fingerprint density at radius 1 is 1.12 bits per heavy atom. The fourth-order valence-electron chi connectivity index (χ4n) is 0.654. The zero-order valence-corrected chi connectivity index (χ0v) is 8.20. The van der Waals surface area contributed by atoms with Gasteiger partial charge in [0.25, 0.3) is 0 Å². The van der Waals surface area contributed by atoms with Crippen LogP contribution >= 0.6 is 7.82 Å². The van der Waals surface area contributed by atoms with Crippen LogP contribution in [-0.4, -0.2) is 30.9 Å². The number of aromatic hydroxyl groups is 1. The smallest absolute Gasteiger partial charge is 0.466 e. The zero-order valence-electron chi connectivity index (χ0n) is 7.31. The lowest BCUT2D eigenvalue weighted by Gasteiger charge is -1.95. The molecular formula is C8H13O7P. The van der Waals surface area contributed by atoms with Gasteiger partial charge in [0.1, 0.15) is 11.3 Å². The topological polar surface area (TPSA) is 135 Å². The first-order valence-electron chi connectivity index (χ1n) is 3.51. The van der Waals surface area contributed by atoms with Gasteiger partial charge in [0.2, 0.25) is 0 Å². The lowest BCUT2D eigenvalue weighted by molar-refractivity contribution is 0.0693. The Morgan fingerprint density at radius 3 is 1.75 bits per heavy atom. The number of para-hydroxylation sites is 1. The third kappa shape index (κ3) is 9.17. The maximum atomic E-state index is 10.3. The molecule has 0 aliphatic rings. The lowest BCUT2D eigenvalue weighted by atomic mass is 10.2. The van der Waals surface area contributed by atoms with Crippen molar-refractivity contribution in [2.24, 2.45) is 0 Å². The van der Waals surface area contributed by atoms with E-state index >= 15 is 0 Å². The van der Waals surface area contributed by atoms with Crippen molar-refractivity contribution in [2.75, 3.05) is 0 Å². The van der Waals surface area contributed by atoms with Gasteiger partial charge in [-0.15, -0.1) is 0 Å². The fraction of sp³-hybridized carbons (Fsp3) is 0.125. The molecule has 0 unspecified atom stereocenters. The van der Waals surface area contributed by atoms with Gasteiger partial charge in [-0.1, -0.05) is 19.6 Å². The van der Waals surface area contributed by atoms with Gasteiger partial charge in [0.15, 0.2) is 0 Å². The zero-order chi connectivity index (χ0) is 12.1. The molecule has 5 N–H and O–H groups in total. The molecule has 0 fully saturated rings. The number of hydrogen-bond donors (Lipinski definition) is 5. The van der Waals surface area contributed by atoms with Crippen molar-refractivity contribution in [3.8, 4) is 5.75 Å². The average molecular weight is 252 g/mol. The molecule has 0 saturated heterocycles. The predicted molar refractivity (Wildman–Crippen MR) is 56.1 cm³/mol. The van der Waals surface area contributed by atoms with Crippen LogP contribution in [0.15, 0.2) is 24.3 Å². The number of aromatic carboxylic acids is 1. The third-order valence-corrected chi connectivity index (χ3v) is 1.13. The van der Waals surface area contributed by atoms with Crippen LogP contribution in [0.25, 0.3) is 0 Å². The van der Waals surface area contributed by atoms with Crippen molar-refractivity contribution >= 4 is 13.8 Å². The summed E-state index contributed by atoms with van der Waals surface area (Å²) in [7, 11) is -4.64. The second-order valence-corrected chi connectivity index (χ2v) is 3.36. The maximum absolute atomic E-state index is 10.3. The van der Waals surface area contributed by atoms with Gasteiger partial charge in [-0.3, -0.25) is 0 Å². The Bertz CT molecular complexity index is 375. The number of hydrogen-bond acceptors (Lipinski definition) is 3. The highest BCUT2D eigenvalue weighted by Gasteiger charge is 2.05. The van der Waals surface area contributed by atoms with Crippen molar-refractivity contribution < 1.29 is 34.3 Å². The van der Waals surface area contributed by atoms with E-state index in [4.69, 9.17) is 29.5 Å². The molecule has 0 spiro atoms. The fourth-order valence-corrected chi connectivity index (χ4v) is 0.654. The van der Waals surface area contributed by atoms with Crippen LogP contribution in [0.3, 0.4) is 0 Å². The Hall–Kier alpha value is -1.40. The largest absolute Gasteiger partial charge is 0.507 e. The summed E-state index contributed by atoms with van der Waals surface area (Å²) in [5, 5.41) is 17.3. The quantitative estimate of drug-likeness (QED) is 0.466. The van der Waals surface area contributed by atoms with Crippen LogP contribution in [0, 0.1) is 0 Å². The molecule has 92 valence electrons. The van der Waals surface area contributed by atoms with Crippen molar-refractivity contribution in [1.29, 1.82) is 0 Å². The Balaban J connectivity index is 0. The van der Waals surface area contributed by atoms with Gasteiger partial charge in [-0.25, -0.2) is 9.36 Å². The van der Waals surface area contributed by atoms with E-state index in [1.54, 1.807) is 12.1 Å². The highest BCUT2D eigenvalue weighted by atomic mass is 31.2. The summed E-state index contributed by atoms with van der Waals surface area (Å²) in [6, 6.07) is 5.81. The molecule has 8 heteroatoms. The van der Waals surface area contributed by atoms with Gasteiger partial charge in [-0.2, -0.15) is 0 Å². The minimum Gasteiger partial charge on any atom is -0.507 e. The van der Waals surface area contributed by atoms with Crippen LogP contribution in [-0.2, 0) is 4.57 Å². The minimum absolute atomic E-state index is 0. The summed E-state index contributed by atoms with van der Waals surface area (Å²) < 4.78 is 8.88. The standard InChI is InChI=1S/C7H6O3.CH4.H3O4P/c8-6-4-2-1-3-5(6)7(9)10;;1-5(2,3)4/h1-4,8H,(H,9,10);1H4;(H3,1,2,3,4). The van der Waals surface area contributed by atoms with Crippen molar-refractivity contribution in [2.45, 2.75) is 7.43 Å². The molecule has 16 heavy (non-hydrogen) atoms. The number of carboxylic acids is 1. The first-order valence-corrected chi connectivity index (χ1v) is 5.08. The van der Waals surface area contributed by atoms with Crippen molar-refractivity contribution in [1.82, 2.24) is 0 Å². The molecule has 0 amide bonds. The second kappa shape index (κ2) is 6.97. The maximum Gasteiger partial charge on any atom is 0.466 e. The first kappa shape index (κ1) is 17.0. The van der Waals surface area contributed by atoms with E-state index in [9.17, 15) is 4.79 Å². The summed E-state index contributed by atoms with van der Waals surface area (Å²) in [5.41, 5.74) is -0.0671. The molecular weight excluding hydrogens is 239 g/mol. The average Bonchev–Trinajstić information content (AvgIpc) is 2.01. The van der Waals surface area contributed by atoms with Gasteiger partial charge in [-0.05, 0) is 12.1 Å². The molecule has 0 bridgehead atoms. The van der Waals surface area contributed by atoms with Crippen molar-refractivity contribution in [3.05, 3.63) is 29.8 Å². The minimum atomic E-state index is -4.64. The van der Waals surface area contributed by atoms with E-state index in [1.807, 2.05) is 0 Å². The molecule has 1 aromatic carbocycles. The molecule has 7 nitrogen and oxygen atoms in total. The van der Waals surface area contributed by atoms with Crippen LogP contribution in [0.4, 0.5) is 0 Å². The van der Waals surface area contributed by atoms with Crippen molar-refractivity contribution in [3.63, 3.8) is 0 Å². The van der Waals surface area contributed by atoms with Gasteiger partial charge in [0, 0.05) is 0 Å². The molecule has 0 atom stereocenters. The Labute approximate surface area is 91.9 Å². The summed E-state index contributed by atoms with van der Waals surface area (Å²) >= 11 is 0. The third-order valence-electron chi connectivity index (χ3n) is 1.13. The molecule has 0 heterocycles. The molecule has 0 aliphatic carbocycles. The number of carboxylic acid groups (broad SMARTS) is 1. The molecule has 1 rings (SSSR count). The van der Waals surface area contributed by atoms with E-state index in [0.717, 1.165) is 0 Å². The van der Waals surface area contributed by atoms with E-state index in [0.29, 0.717) is 0 Å². The summed E-state index contributed by atoms with van der Waals surface area (Å²) in [6.45, 7) is 0. The Morgan fingerprint density at radius 2 is 1.50 bits per heavy atom. The number of phenols is 1. The van der Waals surface area contributed by atoms with Gasteiger partial charge >= 0.3 is 13.8 Å². The van der Waals surface area contributed by atoms with Crippen LogP contribution < -0.4 is 0 Å². The summed E-state index contributed by atoms with van der Waals surface area (Å²) in [6.07, 6.45) is 0. The van der Waals surface area contributed by atoms with E-state index in [2.05, 4.69) is 0 Å². The molecule has 0 aliphatic heterocycles. The molecule has 1 aromatic rings. The number of rotatable bonds is 1. The van der Waals surface area contributed by atoms with Gasteiger partial charge in [0.05, 0.1) is 0 Å². The highest BCUT2D eigenvalue weighted by Crippen LogP contribution is 2.25. The normalized spacial score (nSPS) is 9.44. The molecule has 0 aromatic heterocycles. The van der Waals surface area contributed by atoms with E-state index < -0.39 is 13.8 Å². The second-order valence-electron chi connectivity index (χ2n) is 2.34. The van der Waals surface area contributed by atoms with Crippen LogP contribution in [0.2, 0.25) is 0 Å².